The molecule has 0 saturated carbocycles. The summed E-state index contributed by atoms with van der Waals surface area (Å²) in [5.74, 6) is 0.161. The van der Waals surface area contributed by atoms with Crippen molar-refractivity contribution >= 4 is 11.9 Å². The van der Waals surface area contributed by atoms with Crippen LogP contribution in [0.1, 0.15) is 33.6 Å². The molecule has 0 aliphatic carbocycles. The molecule has 0 aromatic rings. The Morgan fingerprint density at radius 1 is 1.36 bits per heavy atom. The molecule has 0 atom stereocenters. The molecule has 0 aromatic carbocycles. The van der Waals surface area contributed by atoms with Gasteiger partial charge in [-0.3, -0.25) is 4.79 Å². The number of ketones is 1. The number of nitrogens with zero attached hydrogens (tertiary/aromatic N) is 1. The van der Waals surface area contributed by atoms with E-state index < -0.39 is 0 Å². The molecule has 14 heavy (non-hydrogen) atoms. The van der Waals surface area contributed by atoms with Gasteiger partial charge in [-0.2, -0.15) is 0 Å². The van der Waals surface area contributed by atoms with E-state index in [4.69, 9.17) is 4.74 Å². The van der Waals surface area contributed by atoms with Crippen molar-refractivity contribution < 1.29 is 14.3 Å². The van der Waals surface area contributed by atoms with Gasteiger partial charge in [0.1, 0.15) is 5.78 Å². The Kier molecular flexibility index (Phi) is 5.92. The van der Waals surface area contributed by atoms with Gasteiger partial charge >= 0.3 is 6.09 Å². The summed E-state index contributed by atoms with van der Waals surface area (Å²) in [6.07, 6.45) is 0.434. The number of hydrogen-bond acceptors (Lipinski definition) is 3. The lowest BCUT2D eigenvalue weighted by atomic mass is 10.2. The van der Waals surface area contributed by atoms with E-state index in [1.165, 1.54) is 4.90 Å². The molecule has 0 fully saturated rings. The molecular formula is C10H19NO3. The molecule has 0 heterocycles. The van der Waals surface area contributed by atoms with Crippen molar-refractivity contribution in [2.75, 3.05) is 13.6 Å². The number of amides is 1. The van der Waals surface area contributed by atoms with Crippen molar-refractivity contribution in [3.63, 3.8) is 0 Å². The number of Topliss-reactive ketones (excluding diaryl/α,β-unsaturated/α-hetero) is 1. The standard InChI is InChI=1S/C10H19NO3/c1-5-9(12)6-7-11(4)10(13)14-8(2)3/h8H,5-7H2,1-4H3. The second-order valence-electron chi connectivity index (χ2n) is 3.50. The van der Waals surface area contributed by atoms with Gasteiger partial charge in [0.05, 0.1) is 6.10 Å². The molecule has 0 rings (SSSR count). The third kappa shape index (κ3) is 5.56. The van der Waals surface area contributed by atoms with Crippen LogP contribution in [-0.2, 0) is 9.53 Å². The molecule has 0 unspecified atom stereocenters. The molecule has 4 nitrogen and oxygen atoms in total. The van der Waals surface area contributed by atoms with Crippen LogP contribution >= 0.6 is 0 Å². The average Bonchev–Trinajstić information content (AvgIpc) is 2.12. The molecule has 0 aliphatic heterocycles. The topological polar surface area (TPSA) is 46.6 Å². The van der Waals surface area contributed by atoms with E-state index in [9.17, 15) is 9.59 Å². The summed E-state index contributed by atoms with van der Waals surface area (Å²) in [6.45, 7) is 5.83. The fraction of sp³-hybridized carbons (Fsp3) is 0.800. The molecule has 1 amide bonds. The highest BCUT2D eigenvalue weighted by atomic mass is 16.6. The summed E-state index contributed by atoms with van der Waals surface area (Å²) >= 11 is 0. The SMILES string of the molecule is CCC(=O)CCN(C)C(=O)OC(C)C. The highest BCUT2D eigenvalue weighted by Gasteiger charge is 2.12. The number of carbonyl (C=O) groups is 2. The first-order valence-corrected chi connectivity index (χ1v) is 4.90. The van der Waals surface area contributed by atoms with E-state index in [0.717, 1.165) is 0 Å². The first-order valence-electron chi connectivity index (χ1n) is 4.90. The van der Waals surface area contributed by atoms with Gasteiger partial charge in [-0.15, -0.1) is 0 Å². The lowest BCUT2D eigenvalue weighted by Crippen LogP contribution is -2.31. The summed E-state index contributed by atoms with van der Waals surface area (Å²) in [7, 11) is 1.63. The Morgan fingerprint density at radius 3 is 2.36 bits per heavy atom. The van der Waals surface area contributed by atoms with Gasteiger partial charge in [-0.25, -0.2) is 4.79 Å². The number of rotatable bonds is 5. The maximum atomic E-state index is 11.2. The minimum absolute atomic E-state index is 0.119. The maximum Gasteiger partial charge on any atom is 0.409 e. The van der Waals surface area contributed by atoms with Gasteiger partial charge < -0.3 is 9.64 Å². The quantitative estimate of drug-likeness (QED) is 0.681. The lowest BCUT2D eigenvalue weighted by Gasteiger charge is -2.17. The molecule has 0 bridgehead atoms. The smallest absolute Gasteiger partial charge is 0.409 e. The van der Waals surface area contributed by atoms with Gasteiger partial charge in [-0.05, 0) is 13.8 Å². The molecule has 0 aromatic heterocycles. The van der Waals surface area contributed by atoms with Gasteiger partial charge in [-0.1, -0.05) is 6.92 Å². The van der Waals surface area contributed by atoms with E-state index in [2.05, 4.69) is 0 Å². The highest BCUT2D eigenvalue weighted by Crippen LogP contribution is 1.98. The van der Waals surface area contributed by atoms with Gasteiger partial charge in [0.2, 0.25) is 0 Å². The van der Waals surface area contributed by atoms with Crippen LogP contribution in [0, 0.1) is 0 Å². The first-order chi connectivity index (χ1) is 6.47. The van der Waals surface area contributed by atoms with Crippen molar-refractivity contribution in [3.05, 3.63) is 0 Å². The molecule has 82 valence electrons. The molecule has 0 N–H and O–H groups in total. The lowest BCUT2D eigenvalue weighted by molar-refractivity contribution is -0.118. The van der Waals surface area contributed by atoms with Crippen LogP contribution in [-0.4, -0.2) is 36.5 Å². The van der Waals surface area contributed by atoms with Crippen LogP contribution in [0.4, 0.5) is 4.79 Å². The maximum absolute atomic E-state index is 11.2. The zero-order valence-corrected chi connectivity index (χ0v) is 9.37. The summed E-state index contributed by atoms with van der Waals surface area (Å²) in [4.78, 5) is 23.7. The second-order valence-corrected chi connectivity index (χ2v) is 3.50. The Labute approximate surface area is 85.2 Å². The highest BCUT2D eigenvalue weighted by molar-refractivity contribution is 5.78. The monoisotopic (exact) mass is 201 g/mol. The molecule has 0 saturated heterocycles. The van der Waals surface area contributed by atoms with E-state index in [1.807, 2.05) is 6.92 Å². The van der Waals surface area contributed by atoms with E-state index in [0.29, 0.717) is 19.4 Å². The Balaban J connectivity index is 3.78. The number of carbonyl (C=O) groups excluding carboxylic acids is 2. The Hall–Kier alpha value is -1.06. The number of hydrogen-bond donors (Lipinski definition) is 0. The minimum Gasteiger partial charge on any atom is -0.447 e. The zero-order valence-electron chi connectivity index (χ0n) is 9.37. The average molecular weight is 201 g/mol. The van der Waals surface area contributed by atoms with Crippen LogP contribution in [0.15, 0.2) is 0 Å². The summed E-state index contributed by atoms with van der Waals surface area (Å²) in [5.41, 5.74) is 0. The normalized spacial score (nSPS) is 10.1. The van der Waals surface area contributed by atoms with Crippen LogP contribution in [0.2, 0.25) is 0 Å². The van der Waals surface area contributed by atoms with E-state index >= 15 is 0 Å². The van der Waals surface area contributed by atoms with E-state index in [1.54, 1.807) is 20.9 Å². The molecule has 0 radical (unpaired) electrons. The molecule has 4 heteroatoms. The van der Waals surface area contributed by atoms with Gasteiger partial charge in [0.25, 0.3) is 0 Å². The third-order valence-corrected chi connectivity index (χ3v) is 1.77. The van der Waals surface area contributed by atoms with Gasteiger partial charge in [0.15, 0.2) is 0 Å². The predicted octanol–water partition coefficient (Wildman–Crippen LogP) is 1.83. The fourth-order valence-electron chi connectivity index (χ4n) is 0.852. The summed E-state index contributed by atoms with van der Waals surface area (Å²) < 4.78 is 4.95. The van der Waals surface area contributed by atoms with Crippen molar-refractivity contribution in [1.29, 1.82) is 0 Å². The predicted molar refractivity (Wildman–Crippen MR) is 54.2 cm³/mol. The minimum atomic E-state index is -0.371. The fourth-order valence-corrected chi connectivity index (χ4v) is 0.852. The largest absolute Gasteiger partial charge is 0.447 e. The Morgan fingerprint density at radius 2 is 1.93 bits per heavy atom. The van der Waals surface area contributed by atoms with Crippen molar-refractivity contribution in [2.45, 2.75) is 39.7 Å². The van der Waals surface area contributed by atoms with Crippen LogP contribution < -0.4 is 0 Å². The summed E-state index contributed by atoms with van der Waals surface area (Å²) in [6, 6.07) is 0. The van der Waals surface area contributed by atoms with Crippen molar-refractivity contribution in [3.8, 4) is 0 Å². The Bertz CT molecular complexity index is 202. The first kappa shape index (κ1) is 12.9. The number of ether oxygens (including phenoxy) is 1. The molecular weight excluding hydrogens is 182 g/mol. The third-order valence-electron chi connectivity index (χ3n) is 1.77. The van der Waals surface area contributed by atoms with Crippen molar-refractivity contribution in [1.82, 2.24) is 4.90 Å². The molecule has 0 spiro atoms. The van der Waals surface area contributed by atoms with Crippen LogP contribution in [0.25, 0.3) is 0 Å². The zero-order chi connectivity index (χ0) is 11.1. The van der Waals surface area contributed by atoms with Crippen LogP contribution in [0.3, 0.4) is 0 Å². The van der Waals surface area contributed by atoms with Crippen LogP contribution in [0.5, 0.6) is 0 Å². The molecule has 0 aliphatic rings. The van der Waals surface area contributed by atoms with E-state index in [-0.39, 0.29) is 18.0 Å². The van der Waals surface area contributed by atoms with Gasteiger partial charge in [0, 0.05) is 26.4 Å². The summed E-state index contributed by atoms with van der Waals surface area (Å²) in [5, 5.41) is 0. The second kappa shape index (κ2) is 6.40. The van der Waals surface area contributed by atoms with Crippen molar-refractivity contribution in [2.24, 2.45) is 0 Å².